The van der Waals surface area contributed by atoms with Crippen LogP contribution in [0.3, 0.4) is 0 Å². The topological polar surface area (TPSA) is 58.4 Å². The molecule has 1 aromatic carbocycles. The summed E-state index contributed by atoms with van der Waals surface area (Å²) in [5.41, 5.74) is -0.0594. The van der Waals surface area contributed by atoms with Crippen LogP contribution in [0, 0.1) is 15.9 Å². The number of hydrogen-bond donors (Lipinski definition) is 1. The summed E-state index contributed by atoms with van der Waals surface area (Å²) in [7, 11) is 0. The van der Waals surface area contributed by atoms with Gasteiger partial charge >= 0.3 is 5.69 Å². The molecule has 0 radical (unpaired) electrons. The molecular formula is C10H13ClFN3O2. The van der Waals surface area contributed by atoms with Crippen LogP contribution in [0.15, 0.2) is 18.2 Å². The third-order valence-corrected chi connectivity index (χ3v) is 2.61. The fourth-order valence-electron chi connectivity index (χ4n) is 1.85. The highest BCUT2D eigenvalue weighted by atomic mass is 35.5. The van der Waals surface area contributed by atoms with Gasteiger partial charge in [-0.25, -0.2) is 0 Å². The second-order valence-corrected chi connectivity index (χ2v) is 3.60. The summed E-state index contributed by atoms with van der Waals surface area (Å²) in [6.45, 7) is 2.83. The van der Waals surface area contributed by atoms with E-state index in [2.05, 4.69) is 5.32 Å². The second-order valence-electron chi connectivity index (χ2n) is 3.60. The van der Waals surface area contributed by atoms with Crippen molar-refractivity contribution in [3.8, 4) is 0 Å². The maximum absolute atomic E-state index is 13.4. The Balaban J connectivity index is 0.00000144. The lowest BCUT2D eigenvalue weighted by Gasteiger charge is -2.28. The summed E-state index contributed by atoms with van der Waals surface area (Å²) in [6.07, 6.45) is 0. The van der Waals surface area contributed by atoms with Crippen LogP contribution in [-0.2, 0) is 0 Å². The molecule has 2 rings (SSSR count). The molecule has 0 amide bonds. The van der Waals surface area contributed by atoms with Gasteiger partial charge in [-0.15, -0.1) is 12.4 Å². The van der Waals surface area contributed by atoms with E-state index in [0.717, 1.165) is 19.2 Å². The maximum Gasteiger partial charge on any atom is 0.327 e. The minimum Gasteiger partial charge on any atom is -0.363 e. The van der Waals surface area contributed by atoms with Crippen LogP contribution in [0.25, 0.3) is 0 Å². The third kappa shape index (κ3) is 2.83. The Morgan fingerprint density at radius 1 is 1.35 bits per heavy atom. The average molecular weight is 262 g/mol. The van der Waals surface area contributed by atoms with Gasteiger partial charge < -0.3 is 10.2 Å². The SMILES string of the molecule is Cl.O=[N+]([O-])c1c(F)cccc1N1CCNCC1. The summed E-state index contributed by atoms with van der Waals surface area (Å²) >= 11 is 0. The molecule has 1 heterocycles. The normalized spacial score (nSPS) is 15.2. The van der Waals surface area contributed by atoms with Crippen molar-refractivity contribution in [2.24, 2.45) is 0 Å². The number of nitrogens with zero attached hydrogens (tertiary/aromatic N) is 2. The zero-order valence-electron chi connectivity index (χ0n) is 9.06. The Morgan fingerprint density at radius 2 is 2.00 bits per heavy atom. The van der Waals surface area contributed by atoms with E-state index in [9.17, 15) is 14.5 Å². The number of para-hydroxylation sites is 1. The van der Waals surface area contributed by atoms with Gasteiger partial charge in [0.05, 0.1) is 4.92 Å². The van der Waals surface area contributed by atoms with E-state index in [1.165, 1.54) is 6.07 Å². The fraction of sp³-hybridized carbons (Fsp3) is 0.400. The van der Waals surface area contributed by atoms with E-state index in [1.807, 2.05) is 4.90 Å². The number of anilines is 1. The van der Waals surface area contributed by atoms with Gasteiger partial charge in [-0.3, -0.25) is 10.1 Å². The smallest absolute Gasteiger partial charge is 0.327 e. The quantitative estimate of drug-likeness (QED) is 0.648. The van der Waals surface area contributed by atoms with Crippen LogP contribution >= 0.6 is 12.4 Å². The van der Waals surface area contributed by atoms with Gasteiger partial charge in [0.2, 0.25) is 5.82 Å². The molecule has 0 saturated carbocycles. The molecule has 0 aromatic heterocycles. The van der Waals surface area contributed by atoms with E-state index in [4.69, 9.17) is 0 Å². The van der Waals surface area contributed by atoms with E-state index in [1.54, 1.807) is 6.07 Å². The first-order valence-corrected chi connectivity index (χ1v) is 5.08. The number of nitro groups is 1. The molecule has 0 bridgehead atoms. The Bertz CT molecular complexity index is 411. The van der Waals surface area contributed by atoms with Crippen molar-refractivity contribution < 1.29 is 9.31 Å². The Kier molecular flexibility index (Phi) is 4.65. The molecule has 1 N–H and O–H groups in total. The number of piperazine rings is 1. The molecule has 5 nitrogen and oxygen atoms in total. The number of nitrogens with one attached hydrogen (secondary N) is 1. The third-order valence-electron chi connectivity index (χ3n) is 2.61. The van der Waals surface area contributed by atoms with Crippen molar-refractivity contribution in [1.29, 1.82) is 0 Å². The van der Waals surface area contributed by atoms with Gasteiger partial charge in [-0.2, -0.15) is 4.39 Å². The van der Waals surface area contributed by atoms with E-state index in [0.29, 0.717) is 18.8 Å². The molecule has 1 aliphatic rings. The summed E-state index contributed by atoms with van der Waals surface area (Å²) in [5, 5.41) is 14.0. The lowest BCUT2D eigenvalue weighted by Crippen LogP contribution is -2.43. The van der Waals surface area contributed by atoms with Crippen LogP contribution in [0.4, 0.5) is 15.8 Å². The summed E-state index contributed by atoms with van der Waals surface area (Å²) in [5.74, 6) is -0.777. The summed E-state index contributed by atoms with van der Waals surface area (Å²) in [6, 6.07) is 4.20. The predicted octanol–water partition coefficient (Wildman–Crippen LogP) is 1.57. The van der Waals surface area contributed by atoms with Gasteiger partial charge in [0.25, 0.3) is 0 Å². The van der Waals surface area contributed by atoms with Crippen molar-refractivity contribution in [3.05, 3.63) is 34.1 Å². The zero-order valence-corrected chi connectivity index (χ0v) is 9.87. The maximum atomic E-state index is 13.4. The highest BCUT2D eigenvalue weighted by Gasteiger charge is 2.24. The van der Waals surface area contributed by atoms with Gasteiger partial charge in [0.15, 0.2) is 0 Å². The predicted molar refractivity (Wildman–Crippen MR) is 65.4 cm³/mol. The average Bonchev–Trinajstić information content (AvgIpc) is 2.29. The summed E-state index contributed by atoms with van der Waals surface area (Å²) in [4.78, 5) is 12.0. The first-order chi connectivity index (χ1) is 7.70. The first-order valence-electron chi connectivity index (χ1n) is 5.08. The molecule has 1 fully saturated rings. The van der Waals surface area contributed by atoms with Crippen LogP contribution in [0.1, 0.15) is 0 Å². The van der Waals surface area contributed by atoms with E-state index >= 15 is 0 Å². The Labute approximate surface area is 104 Å². The van der Waals surface area contributed by atoms with Crippen LogP contribution in [0.5, 0.6) is 0 Å². The largest absolute Gasteiger partial charge is 0.363 e. The van der Waals surface area contributed by atoms with Crippen molar-refractivity contribution in [2.45, 2.75) is 0 Å². The minimum absolute atomic E-state index is 0. The molecule has 0 spiro atoms. The number of rotatable bonds is 2. The second kappa shape index (κ2) is 5.79. The van der Waals surface area contributed by atoms with E-state index in [-0.39, 0.29) is 12.4 Å². The minimum atomic E-state index is -0.777. The lowest BCUT2D eigenvalue weighted by atomic mass is 10.2. The van der Waals surface area contributed by atoms with Crippen LogP contribution in [-0.4, -0.2) is 31.1 Å². The van der Waals surface area contributed by atoms with Crippen LogP contribution in [0.2, 0.25) is 0 Å². The molecule has 1 saturated heterocycles. The monoisotopic (exact) mass is 261 g/mol. The Hall–Kier alpha value is -1.40. The van der Waals surface area contributed by atoms with Gasteiger partial charge in [0.1, 0.15) is 5.69 Å². The molecule has 1 aromatic rings. The summed E-state index contributed by atoms with van der Waals surface area (Å²) < 4.78 is 13.4. The number of hydrogen-bond acceptors (Lipinski definition) is 4. The van der Waals surface area contributed by atoms with Crippen molar-refractivity contribution >= 4 is 23.8 Å². The van der Waals surface area contributed by atoms with E-state index < -0.39 is 16.4 Å². The molecule has 0 aliphatic carbocycles. The lowest BCUT2D eigenvalue weighted by molar-refractivity contribution is -0.386. The molecular weight excluding hydrogens is 249 g/mol. The standard InChI is InChI=1S/C10H12FN3O2.ClH/c11-8-2-1-3-9(10(8)14(15)16)13-6-4-12-5-7-13;/h1-3,12H,4-7H2;1H. The number of benzene rings is 1. The first kappa shape index (κ1) is 13.7. The van der Waals surface area contributed by atoms with Crippen molar-refractivity contribution in [2.75, 3.05) is 31.1 Å². The van der Waals surface area contributed by atoms with Crippen LogP contribution < -0.4 is 10.2 Å². The molecule has 0 unspecified atom stereocenters. The highest BCUT2D eigenvalue weighted by Crippen LogP contribution is 2.30. The molecule has 17 heavy (non-hydrogen) atoms. The van der Waals surface area contributed by atoms with Gasteiger partial charge in [-0.05, 0) is 12.1 Å². The van der Waals surface area contributed by atoms with Gasteiger partial charge in [0, 0.05) is 26.2 Å². The molecule has 7 heteroatoms. The van der Waals surface area contributed by atoms with Crippen molar-refractivity contribution in [1.82, 2.24) is 5.32 Å². The molecule has 94 valence electrons. The van der Waals surface area contributed by atoms with Gasteiger partial charge in [-0.1, -0.05) is 6.07 Å². The number of nitro benzene ring substituents is 1. The highest BCUT2D eigenvalue weighted by molar-refractivity contribution is 5.85. The van der Waals surface area contributed by atoms with Crippen molar-refractivity contribution in [3.63, 3.8) is 0 Å². The Morgan fingerprint density at radius 3 is 2.59 bits per heavy atom. The fourth-order valence-corrected chi connectivity index (χ4v) is 1.85. The molecule has 0 atom stereocenters. The number of halogens is 2. The zero-order chi connectivity index (χ0) is 11.5. The molecule has 1 aliphatic heterocycles.